The Morgan fingerprint density at radius 1 is 1.13 bits per heavy atom. The third-order valence-electron chi connectivity index (χ3n) is 5.38. The quantitative estimate of drug-likeness (QED) is 0.495. The van der Waals surface area contributed by atoms with Gasteiger partial charge in [0.2, 0.25) is 5.91 Å². The number of benzene rings is 2. The number of fused-ring (bicyclic) bond motifs is 1. The van der Waals surface area contributed by atoms with Gasteiger partial charge >= 0.3 is 0 Å². The summed E-state index contributed by atoms with van der Waals surface area (Å²) in [5.74, 6) is 2.68. The molecule has 0 bridgehead atoms. The number of amides is 1. The van der Waals surface area contributed by atoms with E-state index in [-0.39, 0.29) is 5.91 Å². The van der Waals surface area contributed by atoms with Crippen molar-refractivity contribution in [3.05, 3.63) is 65.5 Å². The number of ether oxygens (including phenoxy) is 1. The first-order chi connectivity index (χ1) is 15.0. The fourth-order valence-corrected chi connectivity index (χ4v) is 4.68. The summed E-state index contributed by atoms with van der Waals surface area (Å²) in [4.78, 5) is 14.8. The van der Waals surface area contributed by atoms with Gasteiger partial charge in [-0.2, -0.15) is 0 Å². The van der Waals surface area contributed by atoms with Gasteiger partial charge in [-0.05, 0) is 41.7 Å². The van der Waals surface area contributed by atoms with Crippen molar-refractivity contribution < 1.29 is 9.53 Å². The summed E-state index contributed by atoms with van der Waals surface area (Å²) in [7, 11) is 1.67. The number of thioether (sulfide) groups is 1. The van der Waals surface area contributed by atoms with Crippen molar-refractivity contribution in [2.45, 2.75) is 38.4 Å². The molecule has 0 aliphatic carbocycles. The molecule has 1 amide bonds. The van der Waals surface area contributed by atoms with E-state index in [1.807, 2.05) is 47.4 Å². The predicted octanol–water partition coefficient (Wildman–Crippen LogP) is 4.21. The van der Waals surface area contributed by atoms with Crippen LogP contribution < -0.4 is 9.64 Å². The number of aromatic nitrogens is 3. The lowest BCUT2D eigenvalue weighted by molar-refractivity contribution is -0.116. The summed E-state index contributed by atoms with van der Waals surface area (Å²) in [5, 5.41) is 9.68. The van der Waals surface area contributed by atoms with Gasteiger partial charge in [-0.3, -0.25) is 4.79 Å². The van der Waals surface area contributed by atoms with Crippen LogP contribution in [0.2, 0.25) is 0 Å². The minimum absolute atomic E-state index is 0.116. The average molecular weight is 437 g/mol. The fraction of sp³-hybridized carbons (Fsp3) is 0.375. The minimum atomic E-state index is 0.116. The van der Waals surface area contributed by atoms with Crippen molar-refractivity contribution in [3.8, 4) is 5.75 Å². The summed E-state index contributed by atoms with van der Waals surface area (Å²) in [6.45, 7) is 5.93. The summed E-state index contributed by atoms with van der Waals surface area (Å²) in [6.07, 6.45) is 1.61. The zero-order valence-electron chi connectivity index (χ0n) is 18.2. The van der Waals surface area contributed by atoms with Gasteiger partial charge in [-0.15, -0.1) is 10.2 Å². The molecule has 1 aliphatic rings. The predicted molar refractivity (Wildman–Crippen MR) is 124 cm³/mol. The fourth-order valence-electron chi connectivity index (χ4n) is 3.83. The highest BCUT2D eigenvalue weighted by atomic mass is 32.2. The molecule has 0 spiro atoms. The van der Waals surface area contributed by atoms with Crippen LogP contribution in [0, 0.1) is 5.92 Å². The average Bonchev–Trinajstić information content (AvgIpc) is 3.37. The number of hydrogen-bond acceptors (Lipinski definition) is 5. The Labute approximate surface area is 187 Å². The van der Waals surface area contributed by atoms with Crippen LogP contribution in [0.15, 0.2) is 53.7 Å². The highest BCUT2D eigenvalue weighted by Crippen LogP contribution is 2.29. The van der Waals surface area contributed by atoms with Crippen LogP contribution in [0.25, 0.3) is 0 Å². The molecule has 31 heavy (non-hydrogen) atoms. The van der Waals surface area contributed by atoms with Crippen LogP contribution >= 0.6 is 11.8 Å². The second-order valence-electron chi connectivity index (χ2n) is 8.14. The van der Waals surface area contributed by atoms with Crippen molar-refractivity contribution in [3.63, 3.8) is 0 Å². The van der Waals surface area contributed by atoms with E-state index >= 15 is 0 Å². The molecule has 162 valence electrons. The number of carbonyl (C=O) groups is 1. The number of carbonyl (C=O) groups excluding carboxylic acids is 1. The lowest BCUT2D eigenvalue weighted by atomic mass is 10.1. The Balaban J connectivity index is 1.47. The van der Waals surface area contributed by atoms with Gasteiger partial charge in [0.25, 0.3) is 0 Å². The number of methoxy groups -OCH3 is 1. The van der Waals surface area contributed by atoms with E-state index < -0.39 is 0 Å². The normalized spacial score (nSPS) is 13.0. The Morgan fingerprint density at radius 3 is 2.65 bits per heavy atom. The molecule has 3 aromatic rings. The first-order valence-corrected chi connectivity index (χ1v) is 11.6. The van der Waals surface area contributed by atoms with Gasteiger partial charge in [0.1, 0.15) is 11.6 Å². The Bertz CT molecular complexity index is 1050. The Kier molecular flexibility index (Phi) is 6.61. The largest absolute Gasteiger partial charge is 0.497 e. The molecule has 0 unspecified atom stereocenters. The van der Waals surface area contributed by atoms with Crippen LogP contribution in [0.3, 0.4) is 0 Å². The van der Waals surface area contributed by atoms with E-state index in [0.717, 1.165) is 47.5 Å². The highest BCUT2D eigenvalue weighted by molar-refractivity contribution is 7.99. The second kappa shape index (κ2) is 9.56. The van der Waals surface area contributed by atoms with Crippen molar-refractivity contribution in [1.82, 2.24) is 14.8 Å². The third kappa shape index (κ3) is 4.93. The molecular weight excluding hydrogens is 408 g/mol. The second-order valence-corrected chi connectivity index (χ2v) is 9.08. The van der Waals surface area contributed by atoms with Gasteiger partial charge in [0, 0.05) is 25.2 Å². The standard InChI is InChI=1S/C24H28N4O2S/c1-17(2)15-28-22(14-18-8-10-20(30-3)11-9-18)25-26-24(28)31-16-23(29)27-13-12-19-6-4-5-7-21(19)27/h4-11,17H,12-16H2,1-3H3. The molecule has 0 saturated heterocycles. The molecule has 1 aromatic heterocycles. The number of anilines is 1. The maximum absolute atomic E-state index is 12.9. The number of nitrogens with zero attached hydrogens (tertiary/aromatic N) is 4. The van der Waals surface area contributed by atoms with E-state index in [9.17, 15) is 4.79 Å². The molecule has 0 radical (unpaired) electrons. The smallest absolute Gasteiger partial charge is 0.237 e. The lowest BCUT2D eigenvalue weighted by Gasteiger charge is -2.17. The van der Waals surface area contributed by atoms with Gasteiger partial charge < -0.3 is 14.2 Å². The number of hydrogen-bond donors (Lipinski definition) is 0. The molecule has 7 heteroatoms. The molecule has 4 rings (SSSR count). The summed E-state index contributed by atoms with van der Waals surface area (Å²) in [5.41, 5.74) is 3.43. The molecule has 0 fully saturated rings. The molecule has 1 aliphatic heterocycles. The zero-order chi connectivity index (χ0) is 21.8. The minimum Gasteiger partial charge on any atom is -0.497 e. The van der Waals surface area contributed by atoms with E-state index in [1.165, 1.54) is 17.3 Å². The molecule has 6 nitrogen and oxygen atoms in total. The van der Waals surface area contributed by atoms with Crippen LogP contribution in [-0.4, -0.2) is 40.1 Å². The van der Waals surface area contributed by atoms with Gasteiger partial charge in [0.05, 0.1) is 12.9 Å². The van der Waals surface area contributed by atoms with E-state index in [1.54, 1.807) is 7.11 Å². The molecular formula is C24H28N4O2S. The Morgan fingerprint density at radius 2 is 1.90 bits per heavy atom. The van der Waals surface area contributed by atoms with Crippen molar-refractivity contribution in [1.29, 1.82) is 0 Å². The molecule has 0 atom stereocenters. The Hall–Kier alpha value is -2.80. The van der Waals surface area contributed by atoms with E-state index in [0.29, 0.717) is 18.1 Å². The SMILES string of the molecule is COc1ccc(Cc2nnc(SCC(=O)N3CCc4ccccc43)n2CC(C)C)cc1. The maximum atomic E-state index is 12.9. The van der Waals surface area contributed by atoms with E-state index in [2.05, 4.69) is 34.7 Å². The number of rotatable bonds is 8. The van der Waals surface area contributed by atoms with Gasteiger partial charge in [-0.1, -0.05) is 55.9 Å². The topological polar surface area (TPSA) is 60.3 Å². The third-order valence-corrected chi connectivity index (χ3v) is 6.33. The maximum Gasteiger partial charge on any atom is 0.237 e. The van der Waals surface area contributed by atoms with Crippen LogP contribution in [0.4, 0.5) is 5.69 Å². The van der Waals surface area contributed by atoms with Crippen molar-refractivity contribution >= 4 is 23.4 Å². The summed E-state index contributed by atoms with van der Waals surface area (Å²) >= 11 is 1.47. The lowest BCUT2D eigenvalue weighted by Crippen LogP contribution is -2.30. The van der Waals surface area contributed by atoms with E-state index in [4.69, 9.17) is 4.74 Å². The van der Waals surface area contributed by atoms with Crippen LogP contribution in [0.1, 0.15) is 30.8 Å². The van der Waals surface area contributed by atoms with Crippen LogP contribution in [-0.2, 0) is 24.2 Å². The molecule has 2 heterocycles. The number of para-hydroxylation sites is 1. The first-order valence-electron chi connectivity index (χ1n) is 10.6. The summed E-state index contributed by atoms with van der Waals surface area (Å²) < 4.78 is 7.40. The summed E-state index contributed by atoms with van der Waals surface area (Å²) in [6, 6.07) is 16.2. The van der Waals surface area contributed by atoms with Crippen molar-refractivity contribution in [2.75, 3.05) is 24.3 Å². The van der Waals surface area contributed by atoms with Gasteiger partial charge in [-0.25, -0.2) is 0 Å². The monoisotopic (exact) mass is 436 g/mol. The van der Waals surface area contributed by atoms with Gasteiger partial charge in [0.15, 0.2) is 5.16 Å². The highest BCUT2D eigenvalue weighted by Gasteiger charge is 2.25. The molecule has 0 N–H and O–H groups in total. The zero-order valence-corrected chi connectivity index (χ0v) is 19.1. The molecule has 0 saturated carbocycles. The van der Waals surface area contributed by atoms with Crippen molar-refractivity contribution in [2.24, 2.45) is 5.92 Å². The first kappa shape index (κ1) is 21.4. The molecule has 2 aromatic carbocycles. The van der Waals surface area contributed by atoms with Crippen LogP contribution in [0.5, 0.6) is 5.75 Å².